The number of ether oxygens (including phenoxy) is 2. The van der Waals surface area contributed by atoms with Crippen LogP contribution in [0.4, 0.5) is 5.95 Å². The first-order valence-corrected chi connectivity index (χ1v) is 10.0. The van der Waals surface area contributed by atoms with E-state index in [0.29, 0.717) is 26.3 Å². The standard InChI is InChI=1S/C19H25N7O3/c1-12-6-26(7-13(2)29-12)18-20-5-14-8-28-10-19(15(14)23-18)3-4-25(9-19)17(27)16-21-11-22-24-16/h5,11-13H,3-4,6-10H2,1-2H3,(H,21,22,24)/t12-,13-,19+/m1/s1. The number of carbonyl (C=O) groups is 1. The summed E-state index contributed by atoms with van der Waals surface area (Å²) in [5.74, 6) is 0.849. The molecule has 3 atom stereocenters. The van der Waals surface area contributed by atoms with E-state index in [0.717, 1.165) is 36.7 Å². The third-order valence-corrected chi connectivity index (χ3v) is 5.95. The number of amides is 1. The highest BCUT2D eigenvalue weighted by Gasteiger charge is 2.47. The number of carbonyl (C=O) groups excluding carboxylic acids is 1. The summed E-state index contributed by atoms with van der Waals surface area (Å²) in [6, 6.07) is 0. The Balaban J connectivity index is 1.43. The molecule has 5 rings (SSSR count). The number of aromatic amines is 1. The number of hydrogen-bond donors (Lipinski definition) is 1. The molecule has 3 aliphatic rings. The van der Waals surface area contributed by atoms with E-state index in [2.05, 4.69) is 38.9 Å². The predicted octanol–water partition coefficient (Wildman–Crippen LogP) is 0.522. The number of morpholine rings is 1. The number of nitrogens with zero attached hydrogens (tertiary/aromatic N) is 6. The zero-order chi connectivity index (χ0) is 20.0. The fourth-order valence-corrected chi connectivity index (χ4v) is 4.70. The van der Waals surface area contributed by atoms with Gasteiger partial charge in [-0.25, -0.2) is 15.0 Å². The maximum atomic E-state index is 12.7. The first kappa shape index (κ1) is 18.4. The van der Waals surface area contributed by atoms with Crippen LogP contribution in [0, 0.1) is 0 Å². The van der Waals surface area contributed by atoms with E-state index in [-0.39, 0.29) is 29.4 Å². The van der Waals surface area contributed by atoms with Gasteiger partial charge in [0.25, 0.3) is 5.91 Å². The third-order valence-electron chi connectivity index (χ3n) is 5.95. The Morgan fingerprint density at radius 3 is 2.86 bits per heavy atom. The Kier molecular flexibility index (Phi) is 4.47. The molecule has 5 heterocycles. The molecule has 1 amide bonds. The van der Waals surface area contributed by atoms with Gasteiger partial charge in [-0.15, -0.1) is 0 Å². The monoisotopic (exact) mass is 399 g/mol. The highest BCUT2D eigenvalue weighted by Crippen LogP contribution is 2.40. The van der Waals surface area contributed by atoms with Crippen molar-refractivity contribution < 1.29 is 14.3 Å². The second-order valence-corrected chi connectivity index (χ2v) is 8.29. The summed E-state index contributed by atoms with van der Waals surface area (Å²) < 4.78 is 11.7. The predicted molar refractivity (Wildman–Crippen MR) is 102 cm³/mol. The van der Waals surface area contributed by atoms with Crippen LogP contribution in [-0.2, 0) is 21.5 Å². The summed E-state index contributed by atoms with van der Waals surface area (Å²) >= 11 is 0. The molecule has 3 aliphatic heterocycles. The fourth-order valence-electron chi connectivity index (χ4n) is 4.70. The van der Waals surface area contributed by atoms with E-state index in [4.69, 9.17) is 14.5 Å². The van der Waals surface area contributed by atoms with Gasteiger partial charge in [0.15, 0.2) is 0 Å². The van der Waals surface area contributed by atoms with Crippen LogP contribution in [0.15, 0.2) is 12.5 Å². The molecule has 2 saturated heterocycles. The van der Waals surface area contributed by atoms with E-state index in [1.807, 2.05) is 6.20 Å². The van der Waals surface area contributed by atoms with Gasteiger partial charge in [0.1, 0.15) is 6.33 Å². The lowest BCUT2D eigenvalue weighted by Gasteiger charge is -2.38. The molecular weight excluding hydrogens is 374 g/mol. The van der Waals surface area contributed by atoms with Crippen molar-refractivity contribution in [2.75, 3.05) is 37.7 Å². The minimum atomic E-state index is -0.315. The Morgan fingerprint density at radius 1 is 1.28 bits per heavy atom. The number of H-pyrrole nitrogens is 1. The summed E-state index contributed by atoms with van der Waals surface area (Å²) in [5, 5.41) is 6.44. The van der Waals surface area contributed by atoms with E-state index in [1.165, 1.54) is 6.33 Å². The Morgan fingerprint density at radius 2 is 2.10 bits per heavy atom. The molecular formula is C19H25N7O3. The number of aromatic nitrogens is 5. The van der Waals surface area contributed by atoms with Gasteiger partial charge in [0.05, 0.1) is 36.5 Å². The normalized spacial score (nSPS) is 29.3. The minimum Gasteiger partial charge on any atom is -0.376 e. The fraction of sp³-hybridized carbons (Fsp3) is 0.632. The Bertz CT molecular complexity index is 895. The molecule has 0 aromatic carbocycles. The minimum absolute atomic E-state index is 0.136. The van der Waals surface area contributed by atoms with E-state index >= 15 is 0 Å². The molecule has 0 radical (unpaired) electrons. The first-order valence-electron chi connectivity index (χ1n) is 10.0. The average Bonchev–Trinajstić information content (AvgIpc) is 3.38. The van der Waals surface area contributed by atoms with E-state index in [9.17, 15) is 4.79 Å². The summed E-state index contributed by atoms with van der Waals surface area (Å²) in [6.45, 7) is 7.90. The number of likely N-dealkylation sites (tertiary alicyclic amines) is 1. The van der Waals surface area contributed by atoms with Crippen LogP contribution in [0.25, 0.3) is 0 Å². The van der Waals surface area contributed by atoms with Gasteiger partial charge in [-0.05, 0) is 20.3 Å². The molecule has 1 N–H and O–H groups in total. The van der Waals surface area contributed by atoms with Crippen molar-refractivity contribution in [1.29, 1.82) is 0 Å². The second kappa shape index (κ2) is 7.03. The largest absolute Gasteiger partial charge is 0.376 e. The summed E-state index contributed by atoms with van der Waals surface area (Å²) in [6.07, 6.45) is 4.30. The van der Waals surface area contributed by atoms with Gasteiger partial charge in [0.2, 0.25) is 11.8 Å². The molecule has 2 aromatic rings. The average molecular weight is 399 g/mol. The van der Waals surface area contributed by atoms with Crippen LogP contribution in [-0.4, -0.2) is 81.0 Å². The van der Waals surface area contributed by atoms with Gasteiger partial charge in [0, 0.05) is 37.9 Å². The van der Waals surface area contributed by atoms with Crippen LogP contribution >= 0.6 is 0 Å². The Labute approximate surface area is 168 Å². The lowest BCUT2D eigenvalue weighted by Crippen LogP contribution is -2.47. The van der Waals surface area contributed by atoms with Gasteiger partial charge in [-0.3, -0.25) is 9.89 Å². The van der Waals surface area contributed by atoms with Crippen LogP contribution in [0.3, 0.4) is 0 Å². The van der Waals surface area contributed by atoms with Crippen molar-refractivity contribution in [3.05, 3.63) is 29.6 Å². The lowest BCUT2D eigenvalue weighted by molar-refractivity contribution is -0.00584. The number of fused-ring (bicyclic) bond motifs is 2. The molecule has 1 spiro atoms. The van der Waals surface area contributed by atoms with Gasteiger partial charge < -0.3 is 19.3 Å². The zero-order valence-electron chi connectivity index (χ0n) is 16.7. The van der Waals surface area contributed by atoms with Gasteiger partial charge in [-0.1, -0.05) is 0 Å². The lowest BCUT2D eigenvalue weighted by atomic mass is 9.80. The maximum absolute atomic E-state index is 12.7. The van der Waals surface area contributed by atoms with E-state index in [1.54, 1.807) is 4.90 Å². The van der Waals surface area contributed by atoms with Crippen LogP contribution in [0.5, 0.6) is 0 Å². The molecule has 0 unspecified atom stereocenters. The van der Waals surface area contributed by atoms with Crippen molar-refractivity contribution in [3.8, 4) is 0 Å². The van der Waals surface area contributed by atoms with Crippen LogP contribution < -0.4 is 4.90 Å². The first-order chi connectivity index (χ1) is 14.0. The van der Waals surface area contributed by atoms with Crippen molar-refractivity contribution in [1.82, 2.24) is 30.0 Å². The van der Waals surface area contributed by atoms with Crippen molar-refractivity contribution in [3.63, 3.8) is 0 Å². The van der Waals surface area contributed by atoms with Crippen LogP contribution in [0.1, 0.15) is 42.1 Å². The van der Waals surface area contributed by atoms with Crippen molar-refractivity contribution in [2.45, 2.75) is 44.5 Å². The summed E-state index contributed by atoms with van der Waals surface area (Å²) in [4.78, 5) is 30.3. The summed E-state index contributed by atoms with van der Waals surface area (Å²) in [7, 11) is 0. The van der Waals surface area contributed by atoms with Gasteiger partial charge >= 0.3 is 0 Å². The SMILES string of the molecule is C[C@@H]1CN(c2ncc3c(n2)[C@]2(CCN(C(=O)c4ncn[nH]4)C2)COC3)C[C@@H](C)O1. The smallest absolute Gasteiger partial charge is 0.291 e. The number of anilines is 1. The molecule has 154 valence electrons. The summed E-state index contributed by atoms with van der Waals surface area (Å²) in [5.41, 5.74) is 1.70. The highest BCUT2D eigenvalue weighted by molar-refractivity contribution is 5.90. The van der Waals surface area contributed by atoms with Gasteiger partial charge in [-0.2, -0.15) is 5.10 Å². The molecule has 0 aliphatic carbocycles. The molecule has 2 aromatic heterocycles. The molecule has 0 saturated carbocycles. The number of nitrogens with one attached hydrogen (secondary N) is 1. The topological polar surface area (TPSA) is 109 Å². The quantitative estimate of drug-likeness (QED) is 0.779. The van der Waals surface area contributed by atoms with Crippen LogP contribution in [0.2, 0.25) is 0 Å². The molecule has 0 bridgehead atoms. The molecule has 10 nitrogen and oxygen atoms in total. The number of hydrogen-bond acceptors (Lipinski definition) is 8. The zero-order valence-corrected chi connectivity index (χ0v) is 16.7. The van der Waals surface area contributed by atoms with E-state index < -0.39 is 0 Å². The number of rotatable bonds is 2. The van der Waals surface area contributed by atoms with Crippen molar-refractivity contribution in [2.24, 2.45) is 0 Å². The molecule has 29 heavy (non-hydrogen) atoms. The second-order valence-electron chi connectivity index (χ2n) is 8.29. The Hall–Kier alpha value is -2.59. The highest BCUT2D eigenvalue weighted by atomic mass is 16.5. The maximum Gasteiger partial charge on any atom is 0.291 e. The molecule has 2 fully saturated rings. The third kappa shape index (κ3) is 3.25. The molecule has 10 heteroatoms. The van der Waals surface area contributed by atoms with Crippen molar-refractivity contribution >= 4 is 11.9 Å².